The van der Waals surface area contributed by atoms with E-state index in [1.165, 1.54) is 18.3 Å². The van der Waals surface area contributed by atoms with Gasteiger partial charge in [0.05, 0.1) is 30.8 Å². The van der Waals surface area contributed by atoms with E-state index >= 15 is 0 Å². The molecular weight excluding hydrogens is 350 g/mol. The summed E-state index contributed by atoms with van der Waals surface area (Å²) in [6.07, 6.45) is 1.58. The van der Waals surface area contributed by atoms with Crippen molar-refractivity contribution in [1.29, 1.82) is 0 Å². The fraction of sp³-hybridized carbons (Fsp3) is 0.263. The summed E-state index contributed by atoms with van der Waals surface area (Å²) in [5.41, 5.74) is 3.82. The van der Waals surface area contributed by atoms with Crippen LogP contribution in [-0.4, -0.2) is 30.3 Å². The second-order valence-electron chi connectivity index (χ2n) is 5.47. The maximum absolute atomic E-state index is 11.9. The Kier molecular flexibility index (Phi) is 7.30. The van der Waals surface area contributed by atoms with Crippen molar-refractivity contribution in [2.75, 3.05) is 13.2 Å². The van der Waals surface area contributed by atoms with Crippen LogP contribution in [0.15, 0.2) is 47.6 Å². The van der Waals surface area contributed by atoms with Crippen molar-refractivity contribution in [3.63, 3.8) is 0 Å². The zero-order valence-electron chi connectivity index (χ0n) is 15.2. The average molecular weight is 371 g/mol. The van der Waals surface area contributed by atoms with E-state index in [9.17, 15) is 14.9 Å². The number of hydrazone groups is 1. The normalized spacial score (nSPS) is 10.6. The van der Waals surface area contributed by atoms with E-state index in [1.54, 1.807) is 30.3 Å². The molecule has 142 valence electrons. The molecule has 1 amide bonds. The molecule has 8 nitrogen and oxygen atoms in total. The molecule has 0 aliphatic heterocycles. The van der Waals surface area contributed by atoms with Crippen molar-refractivity contribution in [3.8, 4) is 11.5 Å². The molecule has 0 atom stereocenters. The lowest BCUT2D eigenvalue weighted by Crippen LogP contribution is -2.19. The molecule has 8 heteroatoms. The van der Waals surface area contributed by atoms with Gasteiger partial charge in [-0.3, -0.25) is 14.9 Å². The highest BCUT2D eigenvalue weighted by Gasteiger charge is 2.07. The van der Waals surface area contributed by atoms with E-state index < -0.39 is 4.92 Å². The van der Waals surface area contributed by atoms with Crippen LogP contribution in [0, 0.1) is 10.1 Å². The molecular formula is C19H21N3O5. The van der Waals surface area contributed by atoms with Crippen LogP contribution in [-0.2, 0) is 11.2 Å². The van der Waals surface area contributed by atoms with E-state index in [4.69, 9.17) is 9.47 Å². The molecule has 0 bridgehead atoms. The molecule has 0 radical (unpaired) electrons. The van der Waals surface area contributed by atoms with E-state index in [0.29, 0.717) is 30.3 Å². The monoisotopic (exact) mass is 371 g/mol. The molecule has 0 saturated heterocycles. The molecule has 0 aliphatic carbocycles. The Morgan fingerprint density at radius 2 is 1.78 bits per heavy atom. The van der Waals surface area contributed by atoms with Crippen LogP contribution in [0.25, 0.3) is 0 Å². The molecule has 27 heavy (non-hydrogen) atoms. The number of hydrogen-bond acceptors (Lipinski definition) is 6. The topological polar surface area (TPSA) is 103 Å². The highest BCUT2D eigenvalue weighted by atomic mass is 16.6. The number of ether oxygens (including phenoxy) is 2. The number of nitrogens with one attached hydrogen (secondary N) is 1. The number of carbonyl (C=O) groups excluding carboxylic acids is 1. The van der Waals surface area contributed by atoms with Gasteiger partial charge in [0.2, 0.25) is 5.91 Å². The summed E-state index contributed by atoms with van der Waals surface area (Å²) in [5, 5.41) is 14.6. The molecule has 2 rings (SSSR count). The van der Waals surface area contributed by atoms with Crippen molar-refractivity contribution in [2.24, 2.45) is 5.10 Å². The summed E-state index contributed by atoms with van der Waals surface area (Å²) in [5.74, 6) is 0.940. The SMILES string of the molecule is CCOc1ccc(C=NNC(=O)Cc2ccc([N+](=O)[O-])cc2)cc1OCC. The van der Waals surface area contributed by atoms with Crippen LogP contribution in [0.5, 0.6) is 11.5 Å². The zero-order valence-corrected chi connectivity index (χ0v) is 15.2. The first-order chi connectivity index (χ1) is 13.0. The standard InChI is InChI=1S/C19H21N3O5/c1-3-26-17-10-7-15(11-18(17)27-4-2)13-20-21-19(23)12-14-5-8-16(9-6-14)22(24)25/h5-11,13H,3-4,12H2,1-2H3,(H,21,23). The molecule has 0 heterocycles. The highest BCUT2D eigenvalue weighted by Crippen LogP contribution is 2.27. The van der Waals surface area contributed by atoms with Gasteiger partial charge in [-0.2, -0.15) is 5.10 Å². The van der Waals surface area contributed by atoms with Gasteiger partial charge in [0.1, 0.15) is 0 Å². The first kappa shape index (κ1) is 19.9. The predicted octanol–water partition coefficient (Wildman–Crippen LogP) is 3.09. The maximum Gasteiger partial charge on any atom is 0.269 e. The minimum absolute atomic E-state index is 0.0159. The Morgan fingerprint density at radius 3 is 2.41 bits per heavy atom. The van der Waals surface area contributed by atoms with Gasteiger partial charge < -0.3 is 9.47 Å². The van der Waals surface area contributed by atoms with Crippen molar-refractivity contribution < 1.29 is 19.2 Å². The van der Waals surface area contributed by atoms with E-state index in [1.807, 2.05) is 13.8 Å². The number of carbonyl (C=O) groups is 1. The first-order valence-corrected chi connectivity index (χ1v) is 8.48. The van der Waals surface area contributed by atoms with Crippen LogP contribution in [0.3, 0.4) is 0 Å². The molecule has 0 aliphatic rings. The van der Waals surface area contributed by atoms with Crippen molar-refractivity contribution in [1.82, 2.24) is 5.43 Å². The maximum atomic E-state index is 11.9. The number of benzene rings is 2. The lowest BCUT2D eigenvalue weighted by Gasteiger charge is -2.11. The average Bonchev–Trinajstić information content (AvgIpc) is 2.64. The number of nitro groups is 1. The second-order valence-corrected chi connectivity index (χ2v) is 5.47. The number of non-ortho nitro benzene ring substituents is 1. The molecule has 0 fully saturated rings. The fourth-order valence-electron chi connectivity index (χ4n) is 2.29. The fourth-order valence-corrected chi connectivity index (χ4v) is 2.29. The summed E-state index contributed by atoms with van der Waals surface area (Å²) in [4.78, 5) is 22.1. The van der Waals surface area contributed by atoms with E-state index in [2.05, 4.69) is 10.5 Å². The van der Waals surface area contributed by atoms with Gasteiger partial charge in [0, 0.05) is 12.1 Å². The molecule has 2 aromatic rings. The largest absolute Gasteiger partial charge is 0.490 e. The van der Waals surface area contributed by atoms with Crippen molar-refractivity contribution in [2.45, 2.75) is 20.3 Å². The Hall–Kier alpha value is -3.42. The van der Waals surface area contributed by atoms with Gasteiger partial charge in [-0.05, 0) is 43.2 Å². The van der Waals surface area contributed by atoms with Crippen LogP contribution in [0.2, 0.25) is 0 Å². The molecule has 0 spiro atoms. The zero-order chi connectivity index (χ0) is 19.6. The molecule has 0 saturated carbocycles. The minimum Gasteiger partial charge on any atom is -0.490 e. The van der Waals surface area contributed by atoms with Crippen LogP contribution >= 0.6 is 0 Å². The first-order valence-electron chi connectivity index (χ1n) is 8.48. The Balaban J connectivity index is 1.94. The molecule has 0 aromatic heterocycles. The number of amides is 1. The number of rotatable bonds is 9. The molecule has 1 N–H and O–H groups in total. The van der Waals surface area contributed by atoms with E-state index in [0.717, 1.165) is 5.56 Å². The quantitative estimate of drug-likeness (QED) is 0.414. The number of nitro benzene ring substituents is 1. The van der Waals surface area contributed by atoms with Gasteiger partial charge >= 0.3 is 0 Å². The lowest BCUT2D eigenvalue weighted by molar-refractivity contribution is -0.384. The summed E-state index contributed by atoms with van der Waals surface area (Å²) in [6, 6.07) is 11.2. The van der Waals surface area contributed by atoms with Gasteiger partial charge in [-0.25, -0.2) is 5.43 Å². The predicted molar refractivity (Wildman–Crippen MR) is 101 cm³/mol. The summed E-state index contributed by atoms with van der Waals surface area (Å²) < 4.78 is 11.0. The molecule has 0 unspecified atom stereocenters. The van der Waals surface area contributed by atoms with Crippen molar-refractivity contribution >= 4 is 17.8 Å². The summed E-state index contributed by atoms with van der Waals surface area (Å²) in [7, 11) is 0. The third-order valence-electron chi connectivity index (χ3n) is 3.48. The van der Waals surface area contributed by atoms with Crippen LogP contribution in [0.1, 0.15) is 25.0 Å². The number of hydrogen-bond donors (Lipinski definition) is 1. The highest BCUT2D eigenvalue weighted by molar-refractivity contribution is 5.84. The second kappa shape index (κ2) is 9.91. The van der Waals surface area contributed by atoms with Gasteiger partial charge in [0.25, 0.3) is 5.69 Å². The van der Waals surface area contributed by atoms with E-state index in [-0.39, 0.29) is 18.0 Å². The van der Waals surface area contributed by atoms with Crippen LogP contribution in [0.4, 0.5) is 5.69 Å². The smallest absolute Gasteiger partial charge is 0.269 e. The van der Waals surface area contributed by atoms with Gasteiger partial charge in [-0.1, -0.05) is 12.1 Å². The van der Waals surface area contributed by atoms with Gasteiger partial charge in [0.15, 0.2) is 11.5 Å². The third-order valence-corrected chi connectivity index (χ3v) is 3.48. The van der Waals surface area contributed by atoms with Crippen LogP contribution < -0.4 is 14.9 Å². The molecule has 2 aromatic carbocycles. The Bertz CT molecular complexity index is 819. The number of nitrogens with zero attached hydrogens (tertiary/aromatic N) is 2. The Morgan fingerprint density at radius 1 is 1.11 bits per heavy atom. The Labute approximate surface area is 157 Å². The minimum atomic E-state index is -0.485. The summed E-state index contributed by atoms with van der Waals surface area (Å²) >= 11 is 0. The summed E-state index contributed by atoms with van der Waals surface area (Å²) in [6.45, 7) is 4.82. The third kappa shape index (κ3) is 6.10. The lowest BCUT2D eigenvalue weighted by atomic mass is 10.1. The van der Waals surface area contributed by atoms with Gasteiger partial charge in [-0.15, -0.1) is 0 Å². The van der Waals surface area contributed by atoms with Crippen molar-refractivity contribution in [3.05, 3.63) is 63.7 Å².